The lowest BCUT2D eigenvalue weighted by Gasteiger charge is -2.18. The number of anilines is 1. The van der Waals surface area contributed by atoms with E-state index in [-0.39, 0.29) is 21.3 Å². The summed E-state index contributed by atoms with van der Waals surface area (Å²) in [4.78, 5) is 12.6. The molecule has 1 N–H and O–H groups in total. The van der Waals surface area contributed by atoms with E-state index < -0.39 is 21.7 Å². The molecule has 9 heteroatoms. The molecule has 2 aromatic rings. The van der Waals surface area contributed by atoms with Gasteiger partial charge in [0.1, 0.15) is 16.4 Å². The predicted octanol–water partition coefficient (Wildman–Crippen LogP) is 3.63. The molecule has 2 heterocycles. The molecule has 0 saturated carbocycles. The topological polar surface area (TPSA) is 71.4 Å². The van der Waals surface area contributed by atoms with Gasteiger partial charge in [0.25, 0.3) is 5.91 Å². The van der Waals surface area contributed by atoms with Gasteiger partial charge in [-0.1, -0.05) is 24.4 Å². The molecule has 1 aromatic heterocycles. The Morgan fingerprint density at radius 1 is 1.15 bits per heavy atom. The molecule has 1 saturated heterocycles. The molecule has 146 valence electrons. The maximum absolute atomic E-state index is 13.1. The highest BCUT2D eigenvalue weighted by molar-refractivity contribution is 7.89. The Kier molecular flexibility index (Phi) is 5.88. The Hall–Kier alpha value is -1.90. The monoisotopic (exact) mass is 413 g/mol. The third kappa shape index (κ3) is 4.34. The van der Waals surface area contributed by atoms with Crippen molar-refractivity contribution in [2.75, 3.05) is 18.4 Å². The number of aromatic nitrogens is 1. The summed E-state index contributed by atoms with van der Waals surface area (Å²) in [5, 5.41) is 2.65. The standard InChI is InChI=1S/C18H21ClFN3O3S/c1-22-12-14(27(25,26)23-8-4-2-3-5-9-23)11-17(22)18(24)21-16-7-6-13(20)10-15(16)19/h6-7,10-12H,2-5,8-9H2,1H3,(H,21,24). The average Bonchev–Trinajstić information content (AvgIpc) is 2.82. The van der Waals surface area contributed by atoms with Crippen LogP contribution in [-0.4, -0.2) is 36.3 Å². The fraction of sp³-hybridized carbons (Fsp3) is 0.389. The summed E-state index contributed by atoms with van der Waals surface area (Å²) in [5.41, 5.74) is 0.421. The SMILES string of the molecule is Cn1cc(S(=O)(=O)N2CCCCCC2)cc1C(=O)Nc1ccc(F)cc1Cl. The number of hydrogen-bond donors (Lipinski definition) is 1. The number of rotatable bonds is 4. The van der Waals surface area contributed by atoms with Gasteiger partial charge in [-0.15, -0.1) is 0 Å². The lowest BCUT2D eigenvalue weighted by molar-refractivity contribution is 0.101. The molecule has 6 nitrogen and oxygen atoms in total. The van der Waals surface area contributed by atoms with E-state index in [9.17, 15) is 17.6 Å². The molecule has 0 radical (unpaired) electrons. The molecule has 1 aliphatic heterocycles. The van der Waals surface area contributed by atoms with Crippen molar-refractivity contribution in [3.63, 3.8) is 0 Å². The smallest absolute Gasteiger partial charge is 0.272 e. The maximum Gasteiger partial charge on any atom is 0.272 e. The predicted molar refractivity (Wildman–Crippen MR) is 102 cm³/mol. The molecule has 0 aliphatic carbocycles. The highest BCUT2D eigenvalue weighted by Crippen LogP contribution is 2.25. The van der Waals surface area contributed by atoms with E-state index >= 15 is 0 Å². The van der Waals surface area contributed by atoms with Crippen LogP contribution in [0.15, 0.2) is 35.4 Å². The normalized spacial score (nSPS) is 16.1. The van der Waals surface area contributed by atoms with Crippen molar-refractivity contribution in [2.24, 2.45) is 7.05 Å². The zero-order valence-electron chi connectivity index (χ0n) is 14.9. The van der Waals surface area contributed by atoms with Gasteiger partial charge >= 0.3 is 0 Å². The minimum atomic E-state index is -3.65. The van der Waals surface area contributed by atoms with Crippen molar-refractivity contribution in [1.82, 2.24) is 8.87 Å². The summed E-state index contributed by atoms with van der Waals surface area (Å²) in [5.74, 6) is -1.04. The fourth-order valence-corrected chi connectivity index (χ4v) is 4.91. The summed E-state index contributed by atoms with van der Waals surface area (Å²) >= 11 is 5.93. The first-order valence-electron chi connectivity index (χ1n) is 8.72. The van der Waals surface area contributed by atoms with Gasteiger partial charge in [0.2, 0.25) is 10.0 Å². The minimum absolute atomic E-state index is 0.0648. The van der Waals surface area contributed by atoms with Crippen LogP contribution in [0.4, 0.5) is 10.1 Å². The van der Waals surface area contributed by atoms with E-state index in [0.717, 1.165) is 31.7 Å². The Morgan fingerprint density at radius 2 is 1.81 bits per heavy atom. The number of amides is 1. The number of hydrogen-bond acceptors (Lipinski definition) is 3. The quantitative estimate of drug-likeness (QED) is 0.831. The van der Waals surface area contributed by atoms with E-state index in [1.54, 1.807) is 7.05 Å². The summed E-state index contributed by atoms with van der Waals surface area (Å²) in [6.45, 7) is 0.980. The zero-order valence-corrected chi connectivity index (χ0v) is 16.5. The van der Waals surface area contributed by atoms with Crippen LogP contribution in [0.2, 0.25) is 5.02 Å². The maximum atomic E-state index is 13.1. The number of nitrogens with zero attached hydrogens (tertiary/aromatic N) is 2. The Bertz CT molecular complexity index is 951. The Morgan fingerprint density at radius 3 is 2.44 bits per heavy atom. The number of sulfonamides is 1. The van der Waals surface area contributed by atoms with Gasteiger partial charge < -0.3 is 9.88 Å². The second-order valence-electron chi connectivity index (χ2n) is 6.57. The van der Waals surface area contributed by atoms with Gasteiger partial charge in [0, 0.05) is 26.3 Å². The van der Waals surface area contributed by atoms with Gasteiger partial charge in [-0.3, -0.25) is 4.79 Å². The molecule has 1 fully saturated rings. The number of carbonyl (C=O) groups excluding carboxylic acids is 1. The molecular weight excluding hydrogens is 393 g/mol. The summed E-state index contributed by atoms with van der Waals surface area (Å²) < 4.78 is 41.9. The molecule has 3 rings (SSSR count). The Balaban J connectivity index is 1.84. The first kappa shape index (κ1) is 19.9. The number of halogens is 2. The fourth-order valence-electron chi connectivity index (χ4n) is 3.11. The second kappa shape index (κ2) is 8.00. The van der Waals surface area contributed by atoms with E-state index in [0.29, 0.717) is 13.1 Å². The summed E-state index contributed by atoms with van der Waals surface area (Å²) in [6, 6.07) is 4.99. The molecule has 1 aromatic carbocycles. The van der Waals surface area contributed by atoms with Crippen LogP contribution in [0.25, 0.3) is 0 Å². The molecular formula is C18H21ClFN3O3S. The number of aryl methyl sites for hydroxylation is 1. The van der Waals surface area contributed by atoms with Gasteiger partial charge in [0.15, 0.2) is 0 Å². The van der Waals surface area contributed by atoms with Crippen molar-refractivity contribution in [3.05, 3.63) is 47.0 Å². The van der Waals surface area contributed by atoms with Crippen LogP contribution in [0.3, 0.4) is 0 Å². The first-order chi connectivity index (χ1) is 12.8. The van der Waals surface area contributed by atoms with Crippen molar-refractivity contribution in [3.8, 4) is 0 Å². The molecule has 0 unspecified atom stereocenters. The Labute approximate surface area is 163 Å². The van der Waals surface area contributed by atoms with Crippen LogP contribution in [0.5, 0.6) is 0 Å². The van der Waals surface area contributed by atoms with Crippen molar-refractivity contribution in [1.29, 1.82) is 0 Å². The van der Waals surface area contributed by atoms with Crippen molar-refractivity contribution < 1.29 is 17.6 Å². The van der Waals surface area contributed by atoms with E-state index in [1.807, 2.05) is 0 Å². The van der Waals surface area contributed by atoms with Crippen molar-refractivity contribution in [2.45, 2.75) is 30.6 Å². The van der Waals surface area contributed by atoms with Gasteiger partial charge in [-0.05, 0) is 37.1 Å². The summed E-state index contributed by atoms with van der Waals surface area (Å²) in [6.07, 6.45) is 5.14. The lowest BCUT2D eigenvalue weighted by atomic mass is 10.2. The summed E-state index contributed by atoms with van der Waals surface area (Å²) in [7, 11) is -2.05. The van der Waals surface area contributed by atoms with E-state index in [1.165, 1.54) is 33.3 Å². The lowest BCUT2D eigenvalue weighted by Crippen LogP contribution is -2.31. The van der Waals surface area contributed by atoms with Crippen LogP contribution in [-0.2, 0) is 17.1 Å². The minimum Gasteiger partial charge on any atom is -0.345 e. The van der Waals surface area contributed by atoms with E-state index in [4.69, 9.17) is 11.6 Å². The highest BCUT2D eigenvalue weighted by atomic mass is 35.5. The zero-order chi connectivity index (χ0) is 19.6. The third-order valence-corrected chi connectivity index (χ3v) is 6.77. The average molecular weight is 414 g/mol. The number of benzene rings is 1. The molecule has 0 spiro atoms. The van der Waals surface area contributed by atoms with Crippen LogP contribution in [0.1, 0.15) is 36.2 Å². The van der Waals surface area contributed by atoms with Gasteiger partial charge in [-0.2, -0.15) is 4.31 Å². The van der Waals surface area contributed by atoms with Crippen molar-refractivity contribution >= 4 is 33.2 Å². The molecule has 1 amide bonds. The first-order valence-corrected chi connectivity index (χ1v) is 10.5. The molecule has 1 aliphatic rings. The van der Waals surface area contributed by atoms with Crippen LogP contribution >= 0.6 is 11.6 Å². The second-order valence-corrected chi connectivity index (χ2v) is 8.91. The largest absolute Gasteiger partial charge is 0.345 e. The number of nitrogens with one attached hydrogen (secondary N) is 1. The van der Waals surface area contributed by atoms with Gasteiger partial charge in [0.05, 0.1) is 10.7 Å². The molecule has 27 heavy (non-hydrogen) atoms. The van der Waals surface area contributed by atoms with Gasteiger partial charge in [-0.25, -0.2) is 12.8 Å². The number of carbonyl (C=O) groups is 1. The molecule has 0 bridgehead atoms. The van der Waals surface area contributed by atoms with Crippen LogP contribution < -0.4 is 5.32 Å². The van der Waals surface area contributed by atoms with E-state index in [2.05, 4.69) is 5.32 Å². The highest BCUT2D eigenvalue weighted by Gasteiger charge is 2.28. The molecule has 0 atom stereocenters. The van der Waals surface area contributed by atoms with Crippen LogP contribution in [0, 0.1) is 5.82 Å². The third-order valence-electron chi connectivity index (χ3n) is 4.59.